The third-order valence-electron chi connectivity index (χ3n) is 3.12. The summed E-state index contributed by atoms with van der Waals surface area (Å²) >= 11 is 3.48. The highest BCUT2D eigenvalue weighted by atomic mass is 79.9. The van der Waals surface area contributed by atoms with E-state index in [1.807, 2.05) is 29.2 Å². The van der Waals surface area contributed by atoms with Crippen LogP contribution in [0, 0.1) is 0 Å². The largest absolute Gasteiger partial charge is 0.337 e. The molecule has 92 valence electrons. The molecule has 2 rings (SSSR count). The summed E-state index contributed by atoms with van der Waals surface area (Å²) in [6.45, 7) is 4.68. The number of nitrogens with one attached hydrogen (secondary N) is 1. The molecule has 1 saturated heterocycles. The molecule has 0 unspecified atom stereocenters. The highest BCUT2D eigenvalue weighted by molar-refractivity contribution is 9.10. The van der Waals surface area contributed by atoms with Gasteiger partial charge in [0.2, 0.25) is 5.91 Å². The highest BCUT2D eigenvalue weighted by Crippen LogP contribution is 2.17. The number of benzene rings is 1. The lowest BCUT2D eigenvalue weighted by molar-refractivity contribution is -0.133. The number of hydrogen-bond acceptors (Lipinski definition) is 2. The van der Waals surface area contributed by atoms with E-state index in [2.05, 4.69) is 28.2 Å². The van der Waals surface area contributed by atoms with Gasteiger partial charge < -0.3 is 10.2 Å². The van der Waals surface area contributed by atoms with Crippen LogP contribution in [0.4, 0.5) is 0 Å². The molecule has 1 heterocycles. The monoisotopic (exact) mass is 296 g/mol. The summed E-state index contributed by atoms with van der Waals surface area (Å²) < 4.78 is 1.01. The molecule has 0 aromatic heterocycles. The van der Waals surface area contributed by atoms with Crippen LogP contribution in [0.1, 0.15) is 12.5 Å². The topological polar surface area (TPSA) is 32.3 Å². The van der Waals surface area contributed by atoms with Crippen LogP contribution in [-0.2, 0) is 11.2 Å². The summed E-state index contributed by atoms with van der Waals surface area (Å²) in [4.78, 5) is 14.2. The molecule has 17 heavy (non-hydrogen) atoms. The molecular formula is C13H17BrN2O. The Kier molecular flexibility index (Phi) is 4.18. The molecular weight excluding hydrogens is 280 g/mol. The minimum atomic E-state index is 0.214. The Labute approximate surface area is 110 Å². The van der Waals surface area contributed by atoms with E-state index in [9.17, 15) is 4.79 Å². The van der Waals surface area contributed by atoms with Crippen LogP contribution in [0.5, 0.6) is 0 Å². The number of hydrogen-bond donors (Lipinski definition) is 1. The third kappa shape index (κ3) is 3.07. The number of nitrogens with zero attached hydrogens (tertiary/aromatic N) is 1. The maximum atomic E-state index is 12.2. The minimum absolute atomic E-state index is 0.214. The molecule has 1 fully saturated rings. The molecule has 3 nitrogen and oxygen atoms in total. The summed E-state index contributed by atoms with van der Waals surface area (Å²) in [5.74, 6) is 0.214. The van der Waals surface area contributed by atoms with Crippen LogP contribution >= 0.6 is 15.9 Å². The molecule has 0 aliphatic carbocycles. The lowest BCUT2D eigenvalue weighted by Gasteiger charge is -2.34. The first-order chi connectivity index (χ1) is 8.18. The van der Waals surface area contributed by atoms with Crippen LogP contribution in [-0.4, -0.2) is 36.5 Å². The number of amides is 1. The third-order valence-corrected chi connectivity index (χ3v) is 3.89. The Morgan fingerprint density at radius 1 is 1.53 bits per heavy atom. The van der Waals surface area contributed by atoms with Crippen molar-refractivity contribution in [2.75, 3.05) is 19.6 Å². The predicted octanol–water partition coefficient (Wildman–Crippen LogP) is 1.81. The quantitative estimate of drug-likeness (QED) is 0.903. The molecule has 1 N–H and O–H groups in total. The summed E-state index contributed by atoms with van der Waals surface area (Å²) in [6.07, 6.45) is 0.478. The van der Waals surface area contributed by atoms with Crippen molar-refractivity contribution in [1.29, 1.82) is 0 Å². The average molecular weight is 297 g/mol. The lowest BCUT2D eigenvalue weighted by atomic mass is 10.1. The van der Waals surface area contributed by atoms with Crippen LogP contribution in [0.25, 0.3) is 0 Å². The van der Waals surface area contributed by atoms with Crippen molar-refractivity contribution in [3.05, 3.63) is 34.3 Å². The second-order valence-electron chi connectivity index (χ2n) is 4.41. The van der Waals surface area contributed by atoms with E-state index in [1.54, 1.807) is 0 Å². The van der Waals surface area contributed by atoms with Crippen molar-refractivity contribution in [1.82, 2.24) is 10.2 Å². The normalized spacial score (nSPS) is 20.4. The van der Waals surface area contributed by atoms with Crippen LogP contribution in [0.3, 0.4) is 0 Å². The zero-order valence-corrected chi connectivity index (χ0v) is 11.5. The Morgan fingerprint density at radius 3 is 3.00 bits per heavy atom. The summed E-state index contributed by atoms with van der Waals surface area (Å²) in [5.41, 5.74) is 1.06. The van der Waals surface area contributed by atoms with Gasteiger partial charge in [-0.25, -0.2) is 0 Å². The van der Waals surface area contributed by atoms with Crippen LogP contribution < -0.4 is 5.32 Å². The van der Waals surface area contributed by atoms with Crippen molar-refractivity contribution < 1.29 is 4.79 Å². The van der Waals surface area contributed by atoms with Gasteiger partial charge in [-0.3, -0.25) is 4.79 Å². The molecule has 1 aliphatic rings. The van der Waals surface area contributed by atoms with Crippen molar-refractivity contribution >= 4 is 21.8 Å². The van der Waals surface area contributed by atoms with E-state index in [1.165, 1.54) is 0 Å². The maximum absolute atomic E-state index is 12.2. The van der Waals surface area contributed by atoms with Gasteiger partial charge in [0.15, 0.2) is 0 Å². The number of carbonyl (C=O) groups excluding carboxylic acids is 1. The smallest absolute Gasteiger partial charge is 0.227 e. The number of carbonyl (C=O) groups is 1. The number of halogens is 1. The molecule has 1 aliphatic heterocycles. The molecule has 1 aromatic rings. The first-order valence-electron chi connectivity index (χ1n) is 5.92. The van der Waals surface area contributed by atoms with Gasteiger partial charge in [-0.05, 0) is 18.6 Å². The molecule has 0 radical (unpaired) electrons. The van der Waals surface area contributed by atoms with E-state index in [4.69, 9.17) is 0 Å². The molecule has 1 atom stereocenters. The predicted molar refractivity (Wildman–Crippen MR) is 71.9 cm³/mol. The van der Waals surface area contributed by atoms with Crippen molar-refractivity contribution in [3.63, 3.8) is 0 Å². The first-order valence-corrected chi connectivity index (χ1v) is 6.71. The van der Waals surface area contributed by atoms with Gasteiger partial charge in [-0.1, -0.05) is 34.1 Å². The summed E-state index contributed by atoms with van der Waals surface area (Å²) in [7, 11) is 0. The van der Waals surface area contributed by atoms with E-state index in [0.717, 1.165) is 29.7 Å². The molecule has 0 spiro atoms. The molecule has 0 bridgehead atoms. The zero-order valence-electron chi connectivity index (χ0n) is 9.95. The van der Waals surface area contributed by atoms with Crippen LogP contribution in [0.2, 0.25) is 0 Å². The minimum Gasteiger partial charge on any atom is -0.337 e. The van der Waals surface area contributed by atoms with Crippen LogP contribution in [0.15, 0.2) is 28.7 Å². The fourth-order valence-corrected chi connectivity index (χ4v) is 2.54. The average Bonchev–Trinajstić information content (AvgIpc) is 2.32. The lowest BCUT2D eigenvalue weighted by Crippen LogP contribution is -2.52. The van der Waals surface area contributed by atoms with Gasteiger partial charge in [0, 0.05) is 30.1 Å². The molecule has 1 aromatic carbocycles. The fraction of sp³-hybridized carbons (Fsp3) is 0.462. The Hall–Kier alpha value is -0.870. The van der Waals surface area contributed by atoms with Crippen molar-refractivity contribution in [2.24, 2.45) is 0 Å². The van der Waals surface area contributed by atoms with Gasteiger partial charge in [-0.2, -0.15) is 0 Å². The Bertz CT molecular complexity index is 408. The summed E-state index contributed by atoms with van der Waals surface area (Å²) in [5, 5.41) is 3.29. The van der Waals surface area contributed by atoms with Crippen molar-refractivity contribution in [2.45, 2.75) is 19.4 Å². The van der Waals surface area contributed by atoms with Gasteiger partial charge >= 0.3 is 0 Å². The van der Waals surface area contributed by atoms with E-state index < -0.39 is 0 Å². The summed E-state index contributed by atoms with van der Waals surface area (Å²) in [6, 6.07) is 8.19. The maximum Gasteiger partial charge on any atom is 0.227 e. The Morgan fingerprint density at radius 2 is 2.29 bits per heavy atom. The first kappa shape index (κ1) is 12.6. The van der Waals surface area contributed by atoms with Gasteiger partial charge in [0.25, 0.3) is 0 Å². The highest BCUT2D eigenvalue weighted by Gasteiger charge is 2.23. The van der Waals surface area contributed by atoms with E-state index in [0.29, 0.717) is 12.5 Å². The number of piperazine rings is 1. The zero-order chi connectivity index (χ0) is 12.3. The van der Waals surface area contributed by atoms with Crippen molar-refractivity contribution in [3.8, 4) is 0 Å². The second kappa shape index (κ2) is 5.65. The molecule has 4 heteroatoms. The van der Waals surface area contributed by atoms with Gasteiger partial charge in [0.1, 0.15) is 0 Å². The standard InChI is InChI=1S/C13H17BrN2O/c1-10-9-15-6-7-16(10)13(17)8-11-4-2-3-5-12(11)14/h2-5,10,15H,6-9H2,1H3/t10-/m1/s1. The second-order valence-corrected chi connectivity index (χ2v) is 5.26. The SMILES string of the molecule is C[C@@H]1CNCCN1C(=O)Cc1ccccc1Br. The van der Waals surface area contributed by atoms with Gasteiger partial charge in [0.05, 0.1) is 6.42 Å². The molecule has 1 amide bonds. The fourth-order valence-electron chi connectivity index (χ4n) is 2.12. The Balaban J connectivity index is 2.03. The van der Waals surface area contributed by atoms with E-state index in [-0.39, 0.29) is 5.91 Å². The molecule has 0 saturated carbocycles. The number of rotatable bonds is 2. The van der Waals surface area contributed by atoms with Gasteiger partial charge in [-0.15, -0.1) is 0 Å². The van der Waals surface area contributed by atoms with E-state index >= 15 is 0 Å².